The third kappa shape index (κ3) is 6.51. The molecule has 4 rings (SSSR count). The SMILES string of the molecule is CC(C)CC(NC(=O)C1CCN(Cc2nc(-c3ccc(Br)cc3)no2)CC1)c1ccccc1. The number of piperidine rings is 1. The first-order valence-electron chi connectivity index (χ1n) is 11.6. The Hall–Kier alpha value is -2.51. The van der Waals surface area contributed by atoms with E-state index in [0.717, 1.165) is 42.4 Å². The third-order valence-electron chi connectivity index (χ3n) is 6.11. The molecule has 1 N–H and O–H groups in total. The molecule has 1 aliphatic rings. The molecular formula is C26H31BrN4O2. The summed E-state index contributed by atoms with van der Waals surface area (Å²) in [5.74, 6) is 1.93. The number of carbonyl (C=O) groups excluding carboxylic acids is 1. The number of rotatable bonds is 8. The fraction of sp³-hybridized carbons (Fsp3) is 0.423. The van der Waals surface area contributed by atoms with E-state index >= 15 is 0 Å². The van der Waals surface area contributed by atoms with Gasteiger partial charge in [-0.2, -0.15) is 4.98 Å². The molecule has 1 amide bonds. The lowest BCUT2D eigenvalue weighted by atomic mass is 9.93. The van der Waals surface area contributed by atoms with Crippen LogP contribution < -0.4 is 5.32 Å². The van der Waals surface area contributed by atoms with Crippen molar-refractivity contribution in [2.24, 2.45) is 11.8 Å². The highest BCUT2D eigenvalue weighted by Crippen LogP contribution is 2.25. The minimum Gasteiger partial charge on any atom is -0.349 e. The molecule has 0 aliphatic carbocycles. The molecule has 174 valence electrons. The van der Waals surface area contributed by atoms with Crippen LogP contribution in [0.15, 0.2) is 63.6 Å². The van der Waals surface area contributed by atoms with E-state index in [9.17, 15) is 4.79 Å². The van der Waals surface area contributed by atoms with E-state index in [0.29, 0.717) is 24.2 Å². The predicted octanol–water partition coefficient (Wildman–Crippen LogP) is 5.61. The third-order valence-corrected chi connectivity index (χ3v) is 6.64. The van der Waals surface area contributed by atoms with Gasteiger partial charge in [-0.05, 0) is 68.1 Å². The molecule has 1 aromatic heterocycles. The lowest BCUT2D eigenvalue weighted by Crippen LogP contribution is -2.41. The van der Waals surface area contributed by atoms with Gasteiger partial charge < -0.3 is 9.84 Å². The van der Waals surface area contributed by atoms with Gasteiger partial charge in [-0.1, -0.05) is 65.3 Å². The summed E-state index contributed by atoms with van der Waals surface area (Å²) in [4.78, 5) is 19.9. The summed E-state index contributed by atoms with van der Waals surface area (Å²) in [7, 11) is 0. The van der Waals surface area contributed by atoms with E-state index in [1.807, 2.05) is 42.5 Å². The highest BCUT2D eigenvalue weighted by atomic mass is 79.9. The Bertz CT molecular complexity index is 1030. The van der Waals surface area contributed by atoms with E-state index < -0.39 is 0 Å². The fourth-order valence-corrected chi connectivity index (χ4v) is 4.57. The van der Waals surface area contributed by atoms with Gasteiger partial charge in [0.1, 0.15) is 0 Å². The van der Waals surface area contributed by atoms with E-state index in [1.165, 1.54) is 5.56 Å². The molecule has 1 unspecified atom stereocenters. The number of nitrogens with one attached hydrogen (secondary N) is 1. The number of benzene rings is 2. The summed E-state index contributed by atoms with van der Waals surface area (Å²) in [5.41, 5.74) is 2.10. The van der Waals surface area contributed by atoms with Crippen LogP contribution >= 0.6 is 15.9 Å². The quantitative estimate of drug-likeness (QED) is 0.426. The van der Waals surface area contributed by atoms with Gasteiger partial charge in [-0.15, -0.1) is 0 Å². The van der Waals surface area contributed by atoms with Crippen LogP contribution in [0.5, 0.6) is 0 Å². The number of likely N-dealkylation sites (tertiary alicyclic amines) is 1. The molecule has 6 nitrogen and oxygen atoms in total. The summed E-state index contributed by atoms with van der Waals surface area (Å²) >= 11 is 3.44. The van der Waals surface area contributed by atoms with E-state index in [2.05, 4.69) is 62.3 Å². The summed E-state index contributed by atoms with van der Waals surface area (Å²) in [6, 6.07) is 18.2. The van der Waals surface area contributed by atoms with Crippen molar-refractivity contribution in [2.45, 2.75) is 45.7 Å². The summed E-state index contributed by atoms with van der Waals surface area (Å²) in [6.07, 6.45) is 2.61. The van der Waals surface area contributed by atoms with Gasteiger partial charge in [-0.3, -0.25) is 9.69 Å². The number of hydrogen-bond acceptors (Lipinski definition) is 5. The Morgan fingerprint density at radius 1 is 1.12 bits per heavy atom. The zero-order valence-corrected chi connectivity index (χ0v) is 20.8. The number of nitrogens with zero attached hydrogens (tertiary/aromatic N) is 3. The Morgan fingerprint density at radius 3 is 2.48 bits per heavy atom. The molecule has 0 spiro atoms. The topological polar surface area (TPSA) is 71.3 Å². The first-order chi connectivity index (χ1) is 16.0. The molecule has 7 heteroatoms. The van der Waals surface area contributed by atoms with E-state index in [1.54, 1.807) is 0 Å². The van der Waals surface area contributed by atoms with Crippen molar-refractivity contribution in [2.75, 3.05) is 13.1 Å². The molecule has 1 aliphatic heterocycles. The van der Waals surface area contributed by atoms with Gasteiger partial charge in [-0.25, -0.2) is 0 Å². The Morgan fingerprint density at radius 2 is 1.82 bits per heavy atom. The highest BCUT2D eigenvalue weighted by Gasteiger charge is 2.28. The van der Waals surface area contributed by atoms with Gasteiger partial charge in [0.2, 0.25) is 17.6 Å². The first kappa shape index (κ1) is 23.6. The molecule has 0 radical (unpaired) electrons. The minimum absolute atomic E-state index is 0.0423. The van der Waals surface area contributed by atoms with Crippen LogP contribution in [0.25, 0.3) is 11.4 Å². The molecule has 33 heavy (non-hydrogen) atoms. The van der Waals surface area contributed by atoms with Gasteiger partial charge in [0.25, 0.3) is 0 Å². The van der Waals surface area contributed by atoms with Gasteiger partial charge in [0.05, 0.1) is 12.6 Å². The standard InChI is InChI=1S/C26H31BrN4O2/c1-18(2)16-23(19-6-4-3-5-7-19)28-26(32)21-12-14-31(15-13-21)17-24-29-25(30-33-24)20-8-10-22(27)11-9-20/h3-11,18,21,23H,12-17H2,1-2H3,(H,28,32). The average Bonchev–Trinajstić information content (AvgIpc) is 3.28. The smallest absolute Gasteiger partial charge is 0.241 e. The zero-order chi connectivity index (χ0) is 23.2. The molecule has 1 atom stereocenters. The summed E-state index contributed by atoms with van der Waals surface area (Å²) < 4.78 is 6.49. The van der Waals surface area contributed by atoms with Crippen molar-refractivity contribution >= 4 is 21.8 Å². The number of carbonyl (C=O) groups is 1. The highest BCUT2D eigenvalue weighted by molar-refractivity contribution is 9.10. The van der Waals surface area contributed by atoms with Gasteiger partial charge >= 0.3 is 0 Å². The van der Waals surface area contributed by atoms with Crippen LogP contribution in [0.3, 0.4) is 0 Å². The monoisotopic (exact) mass is 510 g/mol. The number of amides is 1. The van der Waals surface area contributed by atoms with E-state index in [4.69, 9.17) is 4.52 Å². The molecule has 3 aromatic rings. The van der Waals surface area contributed by atoms with Crippen LogP contribution in [-0.4, -0.2) is 34.0 Å². The summed E-state index contributed by atoms with van der Waals surface area (Å²) in [5, 5.41) is 7.44. The van der Waals surface area contributed by atoms with Gasteiger partial charge in [0, 0.05) is 16.0 Å². The fourth-order valence-electron chi connectivity index (χ4n) is 4.30. The number of hydrogen-bond donors (Lipinski definition) is 1. The van der Waals surface area contributed by atoms with Crippen molar-refractivity contribution in [3.63, 3.8) is 0 Å². The molecule has 0 bridgehead atoms. The van der Waals surface area contributed by atoms with Crippen LogP contribution in [0.2, 0.25) is 0 Å². The normalized spacial score (nSPS) is 16.1. The molecule has 2 aromatic carbocycles. The van der Waals surface area contributed by atoms with Crippen molar-refractivity contribution < 1.29 is 9.32 Å². The average molecular weight is 511 g/mol. The van der Waals surface area contributed by atoms with Crippen molar-refractivity contribution in [3.8, 4) is 11.4 Å². The Balaban J connectivity index is 1.29. The minimum atomic E-state index is 0.0423. The Labute approximate surface area is 203 Å². The van der Waals surface area contributed by atoms with Crippen molar-refractivity contribution in [3.05, 3.63) is 70.5 Å². The lowest BCUT2D eigenvalue weighted by Gasteiger charge is -2.31. The maximum atomic E-state index is 13.0. The second-order valence-corrected chi connectivity index (χ2v) is 10.1. The van der Waals surface area contributed by atoms with Crippen LogP contribution in [-0.2, 0) is 11.3 Å². The predicted molar refractivity (Wildman–Crippen MR) is 132 cm³/mol. The maximum Gasteiger partial charge on any atom is 0.241 e. The molecule has 1 saturated heterocycles. The van der Waals surface area contributed by atoms with Crippen LogP contribution in [0, 0.1) is 11.8 Å². The first-order valence-corrected chi connectivity index (χ1v) is 12.4. The molecule has 0 saturated carbocycles. The van der Waals surface area contributed by atoms with E-state index in [-0.39, 0.29) is 17.9 Å². The van der Waals surface area contributed by atoms with Crippen LogP contribution in [0.4, 0.5) is 0 Å². The molecular weight excluding hydrogens is 480 g/mol. The molecule has 1 fully saturated rings. The second-order valence-electron chi connectivity index (χ2n) is 9.17. The number of halogens is 1. The Kier molecular flexibility index (Phi) is 7.93. The van der Waals surface area contributed by atoms with Crippen molar-refractivity contribution in [1.29, 1.82) is 0 Å². The lowest BCUT2D eigenvalue weighted by molar-refractivity contribution is -0.127. The maximum absolute atomic E-state index is 13.0. The molecule has 2 heterocycles. The number of aromatic nitrogens is 2. The largest absolute Gasteiger partial charge is 0.349 e. The zero-order valence-electron chi connectivity index (χ0n) is 19.2. The van der Waals surface area contributed by atoms with Gasteiger partial charge in [0.15, 0.2) is 0 Å². The second kappa shape index (κ2) is 11.1. The van der Waals surface area contributed by atoms with Crippen LogP contribution in [0.1, 0.15) is 50.6 Å². The summed E-state index contributed by atoms with van der Waals surface area (Å²) in [6.45, 7) is 6.68. The van der Waals surface area contributed by atoms with Crippen molar-refractivity contribution in [1.82, 2.24) is 20.4 Å².